The summed E-state index contributed by atoms with van der Waals surface area (Å²) in [6.45, 7) is 4.64. The number of sulfonamides is 1. The number of methoxy groups -OCH3 is 1. The summed E-state index contributed by atoms with van der Waals surface area (Å²) in [5.41, 5.74) is 5.38. The number of hydrogen-bond acceptors (Lipinski definition) is 4. The predicted octanol–water partition coefficient (Wildman–Crippen LogP) is 2.06. The highest BCUT2D eigenvalue weighted by molar-refractivity contribution is 9.10. The second-order valence-corrected chi connectivity index (χ2v) is 8.32. The molecule has 0 fully saturated rings. The van der Waals surface area contributed by atoms with Gasteiger partial charge in [-0.15, -0.1) is 0 Å². The predicted molar refractivity (Wildman–Crippen MR) is 83.3 cm³/mol. The van der Waals surface area contributed by atoms with Gasteiger partial charge >= 0.3 is 0 Å². The molecule has 2 N–H and O–H groups in total. The van der Waals surface area contributed by atoms with Crippen LogP contribution >= 0.6 is 15.9 Å². The van der Waals surface area contributed by atoms with Crippen LogP contribution in [0.5, 0.6) is 5.75 Å². The number of nitrogens with two attached hydrogens (primary N) is 1. The van der Waals surface area contributed by atoms with Crippen molar-refractivity contribution in [2.24, 2.45) is 11.1 Å². The summed E-state index contributed by atoms with van der Waals surface area (Å²) in [7, 11) is -0.445. The van der Waals surface area contributed by atoms with Crippen molar-refractivity contribution in [3.05, 3.63) is 22.7 Å². The SMILES string of the molecule is COc1ccc(S(=O)(=O)N(C)CC(C)(C)CN)cc1Br. The monoisotopic (exact) mass is 364 g/mol. The van der Waals surface area contributed by atoms with Crippen molar-refractivity contribution in [3.8, 4) is 5.75 Å². The maximum Gasteiger partial charge on any atom is 0.242 e. The third-order valence-electron chi connectivity index (χ3n) is 3.03. The van der Waals surface area contributed by atoms with Crippen LogP contribution in [0.1, 0.15) is 13.8 Å². The minimum atomic E-state index is -3.54. The molecule has 0 saturated heterocycles. The quantitative estimate of drug-likeness (QED) is 0.838. The minimum absolute atomic E-state index is 0.223. The maximum atomic E-state index is 12.5. The van der Waals surface area contributed by atoms with Gasteiger partial charge in [0.25, 0.3) is 0 Å². The molecular weight excluding hydrogens is 344 g/mol. The van der Waals surface area contributed by atoms with Crippen molar-refractivity contribution >= 4 is 26.0 Å². The van der Waals surface area contributed by atoms with Crippen molar-refractivity contribution in [1.29, 1.82) is 0 Å². The van der Waals surface area contributed by atoms with E-state index in [1.807, 2.05) is 13.8 Å². The van der Waals surface area contributed by atoms with Crippen LogP contribution in [0.2, 0.25) is 0 Å². The largest absolute Gasteiger partial charge is 0.496 e. The average Bonchev–Trinajstić information content (AvgIpc) is 2.38. The van der Waals surface area contributed by atoms with Crippen LogP contribution in [0.25, 0.3) is 0 Å². The number of ether oxygens (including phenoxy) is 1. The first-order valence-electron chi connectivity index (χ1n) is 6.14. The molecule has 0 bridgehead atoms. The minimum Gasteiger partial charge on any atom is -0.496 e. The average molecular weight is 365 g/mol. The van der Waals surface area contributed by atoms with E-state index < -0.39 is 10.0 Å². The summed E-state index contributed by atoms with van der Waals surface area (Å²) in [5.74, 6) is 0.592. The highest BCUT2D eigenvalue weighted by Crippen LogP contribution is 2.29. The zero-order valence-electron chi connectivity index (χ0n) is 12.2. The summed E-state index contributed by atoms with van der Waals surface area (Å²) in [4.78, 5) is 0.223. The normalized spacial score (nSPS) is 12.8. The number of rotatable bonds is 6. The van der Waals surface area contributed by atoms with Gasteiger partial charge in [0.2, 0.25) is 10.0 Å². The molecule has 0 aromatic heterocycles. The van der Waals surface area contributed by atoms with E-state index in [0.29, 0.717) is 23.3 Å². The van der Waals surface area contributed by atoms with E-state index in [9.17, 15) is 8.42 Å². The summed E-state index contributed by atoms with van der Waals surface area (Å²) in [6.07, 6.45) is 0. The molecule has 0 aliphatic heterocycles. The molecule has 114 valence electrons. The lowest BCUT2D eigenvalue weighted by Gasteiger charge is -2.28. The van der Waals surface area contributed by atoms with E-state index in [4.69, 9.17) is 10.5 Å². The van der Waals surface area contributed by atoms with Gasteiger partial charge in [0.1, 0.15) is 5.75 Å². The molecule has 5 nitrogen and oxygen atoms in total. The Balaban J connectivity index is 3.07. The Hall–Kier alpha value is -0.630. The number of halogens is 1. The molecule has 1 aromatic carbocycles. The lowest BCUT2D eigenvalue weighted by atomic mass is 9.94. The van der Waals surface area contributed by atoms with Crippen LogP contribution in [0.4, 0.5) is 0 Å². The van der Waals surface area contributed by atoms with Crippen LogP contribution in [0.15, 0.2) is 27.6 Å². The Labute approximate surface area is 129 Å². The van der Waals surface area contributed by atoms with Gasteiger partial charge in [0.15, 0.2) is 0 Å². The fourth-order valence-corrected chi connectivity index (χ4v) is 3.82. The zero-order valence-corrected chi connectivity index (χ0v) is 14.6. The third-order valence-corrected chi connectivity index (χ3v) is 5.45. The summed E-state index contributed by atoms with van der Waals surface area (Å²) in [6, 6.07) is 4.70. The Morgan fingerprint density at radius 3 is 2.45 bits per heavy atom. The van der Waals surface area contributed by atoms with Gasteiger partial charge in [-0.2, -0.15) is 0 Å². The highest BCUT2D eigenvalue weighted by atomic mass is 79.9. The molecule has 7 heteroatoms. The first-order chi connectivity index (χ1) is 9.14. The molecule has 0 unspecified atom stereocenters. The van der Waals surface area contributed by atoms with Crippen molar-refractivity contribution in [3.63, 3.8) is 0 Å². The van der Waals surface area contributed by atoms with E-state index in [2.05, 4.69) is 15.9 Å². The number of hydrogen-bond donors (Lipinski definition) is 1. The summed E-state index contributed by atoms with van der Waals surface area (Å²) >= 11 is 3.30. The second kappa shape index (κ2) is 6.43. The standard InChI is InChI=1S/C13H21BrN2O3S/c1-13(2,8-15)9-16(3)20(17,18)10-5-6-12(19-4)11(14)7-10/h5-7H,8-9,15H2,1-4H3. The van der Waals surface area contributed by atoms with Gasteiger partial charge in [-0.1, -0.05) is 13.8 Å². The lowest BCUT2D eigenvalue weighted by molar-refractivity contribution is 0.292. The molecule has 0 aliphatic carbocycles. The molecule has 0 atom stereocenters. The smallest absolute Gasteiger partial charge is 0.242 e. The lowest BCUT2D eigenvalue weighted by Crippen LogP contribution is -2.39. The van der Waals surface area contributed by atoms with E-state index in [0.717, 1.165) is 0 Å². The number of benzene rings is 1. The van der Waals surface area contributed by atoms with Crippen molar-refractivity contribution in [1.82, 2.24) is 4.31 Å². The molecule has 0 heterocycles. The summed E-state index contributed by atoms with van der Waals surface area (Å²) < 4.78 is 32.0. The van der Waals surface area contributed by atoms with Gasteiger partial charge in [-0.05, 0) is 46.1 Å². The van der Waals surface area contributed by atoms with Crippen molar-refractivity contribution < 1.29 is 13.2 Å². The van der Waals surface area contributed by atoms with Crippen LogP contribution in [-0.2, 0) is 10.0 Å². The first-order valence-corrected chi connectivity index (χ1v) is 8.37. The van der Waals surface area contributed by atoms with Gasteiger partial charge in [-0.3, -0.25) is 0 Å². The van der Waals surface area contributed by atoms with Crippen LogP contribution in [0.3, 0.4) is 0 Å². The van der Waals surface area contributed by atoms with Gasteiger partial charge < -0.3 is 10.5 Å². The summed E-state index contributed by atoms with van der Waals surface area (Å²) in [5, 5.41) is 0. The van der Waals surface area contributed by atoms with Crippen molar-refractivity contribution in [2.45, 2.75) is 18.7 Å². The zero-order chi connectivity index (χ0) is 15.6. The highest BCUT2D eigenvalue weighted by Gasteiger charge is 2.27. The van der Waals surface area contributed by atoms with Crippen molar-refractivity contribution in [2.75, 3.05) is 27.2 Å². The fraction of sp³-hybridized carbons (Fsp3) is 0.538. The Bertz CT molecular complexity index is 573. The molecule has 0 spiro atoms. The molecular formula is C13H21BrN2O3S. The Morgan fingerprint density at radius 2 is 2.00 bits per heavy atom. The van der Waals surface area contributed by atoms with Crippen LogP contribution < -0.4 is 10.5 Å². The molecule has 0 aliphatic rings. The second-order valence-electron chi connectivity index (χ2n) is 5.43. The molecule has 0 radical (unpaired) electrons. The van der Waals surface area contributed by atoms with Gasteiger partial charge in [-0.25, -0.2) is 12.7 Å². The first kappa shape index (κ1) is 17.4. The maximum absolute atomic E-state index is 12.5. The number of nitrogens with zero attached hydrogens (tertiary/aromatic N) is 1. The van der Waals surface area contributed by atoms with Crippen LogP contribution in [0, 0.1) is 5.41 Å². The third kappa shape index (κ3) is 3.94. The molecule has 1 aromatic rings. The molecule has 1 rings (SSSR count). The Morgan fingerprint density at radius 1 is 1.40 bits per heavy atom. The Kier molecular flexibility index (Phi) is 5.60. The van der Waals surface area contributed by atoms with E-state index in [1.54, 1.807) is 19.2 Å². The molecule has 0 amide bonds. The fourth-order valence-electron chi connectivity index (χ4n) is 1.74. The topological polar surface area (TPSA) is 72.6 Å². The van der Waals surface area contributed by atoms with E-state index in [1.165, 1.54) is 17.5 Å². The van der Waals surface area contributed by atoms with E-state index >= 15 is 0 Å². The van der Waals surface area contributed by atoms with Gasteiger partial charge in [0.05, 0.1) is 16.5 Å². The van der Waals surface area contributed by atoms with Gasteiger partial charge in [0, 0.05) is 13.6 Å². The van der Waals surface area contributed by atoms with Crippen LogP contribution in [-0.4, -0.2) is 40.0 Å². The molecule has 20 heavy (non-hydrogen) atoms. The molecule has 0 saturated carbocycles. The van der Waals surface area contributed by atoms with E-state index in [-0.39, 0.29) is 10.3 Å².